The molecule has 0 aliphatic carbocycles. The van der Waals surface area contributed by atoms with Crippen molar-refractivity contribution < 1.29 is 4.74 Å². The van der Waals surface area contributed by atoms with E-state index in [0.29, 0.717) is 12.6 Å². The highest BCUT2D eigenvalue weighted by Crippen LogP contribution is 2.27. The number of piperidine rings is 1. The number of halogens is 2. The van der Waals surface area contributed by atoms with Crippen molar-refractivity contribution in [1.29, 1.82) is 0 Å². The van der Waals surface area contributed by atoms with Crippen molar-refractivity contribution in [2.75, 3.05) is 6.54 Å². The van der Waals surface area contributed by atoms with Gasteiger partial charge in [0.2, 0.25) is 0 Å². The molecular formula is C18H21BrClNO. The maximum atomic E-state index is 6.21. The van der Waals surface area contributed by atoms with Gasteiger partial charge < -0.3 is 10.1 Å². The van der Waals surface area contributed by atoms with Crippen LogP contribution in [0.4, 0.5) is 0 Å². The molecule has 2 unspecified atom stereocenters. The molecule has 0 spiro atoms. The van der Waals surface area contributed by atoms with Crippen molar-refractivity contribution in [3.8, 4) is 0 Å². The summed E-state index contributed by atoms with van der Waals surface area (Å²) in [6.45, 7) is 1.73. The lowest BCUT2D eigenvalue weighted by Crippen LogP contribution is -2.39. The molecule has 0 radical (unpaired) electrons. The molecule has 0 amide bonds. The Morgan fingerprint density at radius 3 is 2.68 bits per heavy atom. The minimum atomic E-state index is 0. The van der Waals surface area contributed by atoms with Crippen molar-refractivity contribution in [1.82, 2.24) is 5.32 Å². The molecule has 2 aromatic carbocycles. The normalized spacial score (nSPS) is 21.1. The Kier molecular flexibility index (Phi) is 6.90. The summed E-state index contributed by atoms with van der Waals surface area (Å²) in [6, 6.07) is 19.2. The fraction of sp³-hybridized carbons (Fsp3) is 0.333. The highest BCUT2D eigenvalue weighted by molar-refractivity contribution is 9.10. The summed E-state index contributed by atoms with van der Waals surface area (Å²) in [4.78, 5) is 0. The molecule has 2 atom stereocenters. The van der Waals surface area contributed by atoms with Crippen LogP contribution in [0, 0.1) is 0 Å². The van der Waals surface area contributed by atoms with Crippen LogP contribution >= 0.6 is 28.3 Å². The number of hydrogen-bond acceptors (Lipinski definition) is 2. The van der Waals surface area contributed by atoms with Gasteiger partial charge in [0, 0.05) is 4.47 Å². The second-order valence-electron chi connectivity index (χ2n) is 5.46. The monoisotopic (exact) mass is 381 g/mol. The van der Waals surface area contributed by atoms with Crippen LogP contribution in [0.1, 0.15) is 30.0 Å². The van der Waals surface area contributed by atoms with Crippen molar-refractivity contribution in [2.24, 2.45) is 0 Å². The lowest BCUT2D eigenvalue weighted by molar-refractivity contribution is -0.00358. The molecule has 1 fully saturated rings. The molecule has 118 valence electrons. The molecule has 1 saturated heterocycles. The molecule has 0 saturated carbocycles. The molecule has 1 aliphatic rings. The fourth-order valence-electron chi connectivity index (χ4n) is 2.86. The van der Waals surface area contributed by atoms with Gasteiger partial charge in [-0.3, -0.25) is 0 Å². The first-order valence-corrected chi connectivity index (χ1v) is 8.26. The Labute approximate surface area is 146 Å². The third-order valence-electron chi connectivity index (χ3n) is 3.91. The molecule has 2 nitrogen and oxygen atoms in total. The number of rotatable bonds is 4. The summed E-state index contributed by atoms with van der Waals surface area (Å²) < 4.78 is 7.31. The van der Waals surface area contributed by atoms with Gasteiger partial charge in [-0.25, -0.2) is 0 Å². The Hall–Kier alpha value is -0.870. The van der Waals surface area contributed by atoms with Crippen LogP contribution in [-0.2, 0) is 11.3 Å². The van der Waals surface area contributed by atoms with E-state index in [1.165, 1.54) is 17.5 Å². The highest BCUT2D eigenvalue weighted by atomic mass is 79.9. The Bertz CT molecular complexity index is 578. The van der Waals surface area contributed by atoms with Gasteiger partial charge in [-0.2, -0.15) is 0 Å². The van der Waals surface area contributed by atoms with Crippen LogP contribution in [-0.4, -0.2) is 12.6 Å². The van der Waals surface area contributed by atoms with Gasteiger partial charge in [-0.1, -0.05) is 58.4 Å². The lowest BCUT2D eigenvalue weighted by Gasteiger charge is -2.33. The van der Waals surface area contributed by atoms with E-state index in [1.54, 1.807) is 0 Å². The summed E-state index contributed by atoms with van der Waals surface area (Å²) in [6.07, 6.45) is 2.52. The summed E-state index contributed by atoms with van der Waals surface area (Å²) in [7, 11) is 0. The van der Waals surface area contributed by atoms with E-state index < -0.39 is 0 Å². The van der Waals surface area contributed by atoms with Crippen molar-refractivity contribution >= 4 is 28.3 Å². The van der Waals surface area contributed by atoms with E-state index in [-0.39, 0.29) is 18.5 Å². The average Bonchev–Trinajstić information content (AvgIpc) is 2.54. The first-order valence-electron chi connectivity index (χ1n) is 7.47. The summed E-state index contributed by atoms with van der Waals surface area (Å²) >= 11 is 3.51. The molecule has 22 heavy (non-hydrogen) atoms. The zero-order valence-electron chi connectivity index (χ0n) is 12.4. The van der Waals surface area contributed by atoms with Crippen LogP contribution in [0.15, 0.2) is 59.1 Å². The first-order chi connectivity index (χ1) is 10.3. The first kappa shape index (κ1) is 17.5. The van der Waals surface area contributed by atoms with Gasteiger partial charge in [-0.15, -0.1) is 12.4 Å². The fourth-order valence-corrected chi connectivity index (χ4v) is 3.31. The van der Waals surface area contributed by atoms with Gasteiger partial charge in [-0.05, 0) is 42.6 Å². The second kappa shape index (κ2) is 8.68. The maximum Gasteiger partial charge on any atom is 0.0774 e. The number of nitrogens with one attached hydrogen (secondary N) is 1. The van der Waals surface area contributed by atoms with Crippen molar-refractivity contribution in [3.63, 3.8) is 0 Å². The topological polar surface area (TPSA) is 21.3 Å². The van der Waals surface area contributed by atoms with Crippen LogP contribution in [0.25, 0.3) is 0 Å². The lowest BCUT2D eigenvalue weighted by atomic mass is 9.94. The van der Waals surface area contributed by atoms with E-state index in [4.69, 9.17) is 4.74 Å². The van der Waals surface area contributed by atoms with E-state index in [1.807, 2.05) is 6.07 Å². The third-order valence-corrected chi connectivity index (χ3v) is 4.41. The second-order valence-corrected chi connectivity index (χ2v) is 6.38. The van der Waals surface area contributed by atoms with Gasteiger partial charge in [0.1, 0.15) is 0 Å². The summed E-state index contributed by atoms with van der Waals surface area (Å²) in [5, 5.41) is 3.60. The Balaban J connectivity index is 0.00000176. The van der Waals surface area contributed by atoms with Crippen molar-refractivity contribution in [3.05, 3.63) is 70.2 Å². The molecule has 1 aliphatic heterocycles. The van der Waals surface area contributed by atoms with Crippen LogP contribution in [0.5, 0.6) is 0 Å². The molecule has 3 rings (SSSR count). The molecule has 0 bridgehead atoms. The predicted octanol–water partition coefficient (Wildman–Crippen LogP) is 4.88. The molecule has 1 N–H and O–H groups in total. The Morgan fingerprint density at radius 2 is 1.91 bits per heavy atom. The van der Waals surface area contributed by atoms with Gasteiger partial charge in [0.15, 0.2) is 0 Å². The number of ether oxygens (including phenoxy) is 1. The van der Waals surface area contributed by atoms with Gasteiger partial charge in [0.05, 0.1) is 18.8 Å². The van der Waals surface area contributed by atoms with E-state index in [2.05, 4.69) is 69.8 Å². The molecular weight excluding hydrogens is 362 g/mol. The van der Waals surface area contributed by atoms with Crippen LogP contribution < -0.4 is 5.32 Å². The minimum Gasteiger partial charge on any atom is -0.372 e. The smallest absolute Gasteiger partial charge is 0.0774 e. The summed E-state index contributed by atoms with van der Waals surface area (Å²) in [5.41, 5.74) is 2.53. The average molecular weight is 383 g/mol. The van der Waals surface area contributed by atoms with Crippen LogP contribution in [0.3, 0.4) is 0 Å². The largest absolute Gasteiger partial charge is 0.372 e. The zero-order valence-corrected chi connectivity index (χ0v) is 14.8. The van der Waals surface area contributed by atoms with E-state index in [9.17, 15) is 0 Å². The quantitative estimate of drug-likeness (QED) is 0.813. The molecule has 2 aromatic rings. The third kappa shape index (κ3) is 4.56. The standard InChI is InChI=1S/C18H20BrNO.ClH/c19-16-9-4-6-14(12-16)13-21-17-10-5-11-20-18(17)15-7-2-1-3-8-15;/h1-4,6-9,12,17-18,20H,5,10-11,13H2;1H. The SMILES string of the molecule is Brc1cccc(COC2CCCNC2c2ccccc2)c1.Cl. The maximum absolute atomic E-state index is 6.21. The minimum absolute atomic E-state index is 0. The molecule has 0 aromatic heterocycles. The van der Waals surface area contributed by atoms with Gasteiger partial charge >= 0.3 is 0 Å². The Morgan fingerprint density at radius 1 is 1.09 bits per heavy atom. The number of hydrogen-bond donors (Lipinski definition) is 1. The number of benzene rings is 2. The van der Waals surface area contributed by atoms with E-state index >= 15 is 0 Å². The van der Waals surface area contributed by atoms with Crippen LogP contribution in [0.2, 0.25) is 0 Å². The molecule has 1 heterocycles. The summed E-state index contributed by atoms with van der Waals surface area (Å²) in [5.74, 6) is 0. The molecule has 4 heteroatoms. The van der Waals surface area contributed by atoms with E-state index in [0.717, 1.165) is 17.4 Å². The predicted molar refractivity (Wildman–Crippen MR) is 96.4 cm³/mol. The zero-order chi connectivity index (χ0) is 14.5. The van der Waals surface area contributed by atoms with Gasteiger partial charge in [0.25, 0.3) is 0 Å². The highest BCUT2D eigenvalue weighted by Gasteiger charge is 2.26. The van der Waals surface area contributed by atoms with Crippen molar-refractivity contribution in [2.45, 2.75) is 31.6 Å².